The van der Waals surface area contributed by atoms with Gasteiger partial charge in [0.05, 0.1) is 6.04 Å². The number of nitrogens with one attached hydrogen (secondary N) is 1. The number of hydrogen-bond acceptors (Lipinski definition) is 2. The van der Waals surface area contributed by atoms with Crippen molar-refractivity contribution in [3.8, 4) is 0 Å². The summed E-state index contributed by atoms with van der Waals surface area (Å²) in [4.78, 5) is 23.8. The van der Waals surface area contributed by atoms with Gasteiger partial charge in [0.15, 0.2) is 5.78 Å². The zero-order valence-corrected chi connectivity index (χ0v) is 11.6. The summed E-state index contributed by atoms with van der Waals surface area (Å²) < 4.78 is 0. The first kappa shape index (κ1) is 13.6. The van der Waals surface area contributed by atoms with Crippen molar-refractivity contribution in [3.63, 3.8) is 0 Å². The highest BCUT2D eigenvalue weighted by Gasteiger charge is 2.38. The standard InChI is InChI=1S/C15H25NO2/c1-3-10(2)11-6-4-5-7-12(11)15(18)13-8-9-14(17)16-13/h10-13H,3-9H2,1-2H3,(H,16,17). The predicted molar refractivity (Wildman–Crippen MR) is 71.1 cm³/mol. The molecule has 2 aliphatic rings. The van der Waals surface area contributed by atoms with Crippen molar-refractivity contribution in [1.29, 1.82) is 0 Å². The Morgan fingerprint density at radius 1 is 1.33 bits per heavy atom. The number of Topliss-reactive ketones (excluding diaryl/α,β-unsaturated/α-hetero) is 1. The highest BCUT2D eigenvalue weighted by molar-refractivity contribution is 5.93. The van der Waals surface area contributed by atoms with Gasteiger partial charge in [0.25, 0.3) is 0 Å². The summed E-state index contributed by atoms with van der Waals surface area (Å²) in [7, 11) is 0. The van der Waals surface area contributed by atoms with Gasteiger partial charge < -0.3 is 5.32 Å². The molecule has 2 rings (SSSR count). The van der Waals surface area contributed by atoms with Crippen LogP contribution in [0.3, 0.4) is 0 Å². The molecule has 4 unspecified atom stereocenters. The van der Waals surface area contributed by atoms with Crippen LogP contribution < -0.4 is 5.32 Å². The zero-order chi connectivity index (χ0) is 13.1. The van der Waals surface area contributed by atoms with E-state index < -0.39 is 0 Å². The van der Waals surface area contributed by atoms with Crippen LogP contribution in [0.25, 0.3) is 0 Å². The number of rotatable bonds is 4. The second kappa shape index (κ2) is 5.85. The number of hydrogen-bond donors (Lipinski definition) is 1. The summed E-state index contributed by atoms with van der Waals surface area (Å²) in [6.07, 6.45) is 7.02. The Bertz CT molecular complexity index is 326. The van der Waals surface area contributed by atoms with Gasteiger partial charge in [-0.25, -0.2) is 0 Å². The van der Waals surface area contributed by atoms with E-state index in [1.807, 2.05) is 0 Å². The molecule has 18 heavy (non-hydrogen) atoms. The quantitative estimate of drug-likeness (QED) is 0.835. The van der Waals surface area contributed by atoms with Crippen LogP contribution in [0.4, 0.5) is 0 Å². The molecule has 2 fully saturated rings. The van der Waals surface area contributed by atoms with E-state index >= 15 is 0 Å². The second-order valence-electron chi connectivity index (χ2n) is 6.00. The summed E-state index contributed by atoms with van der Waals surface area (Å²) in [5.74, 6) is 1.71. The molecule has 1 saturated heterocycles. The maximum Gasteiger partial charge on any atom is 0.220 e. The molecule has 3 nitrogen and oxygen atoms in total. The largest absolute Gasteiger partial charge is 0.346 e. The molecule has 0 aromatic carbocycles. The van der Waals surface area contributed by atoms with Crippen LogP contribution in [0.2, 0.25) is 0 Å². The minimum atomic E-state index is -0.188. The lowest BCUT2D eigenvalue weighted by atomic mass is 9.69. The Morgan fingerprint density at radius 3 is 2.67 bits per heavy atom. The van der Waals surface area contributed by atoms with Crippen LogP contribution in [-0.4, -0.2) is 17.7 Å². The number of carbonyl (C=O) groups excluding carboxylic acids is 2. The van der Waals surface area contributed by atoms with E-state index in [0.29, 0.717) is 30.5 Å². The molecule has 0 spiro atoms. The number of ketones is 1. The van der Waals surface area contributed by atoms with E-state index in [4.69, 9.17) is 0 Å². The third-order valence-electron chi connectivity index (χ3n) is 4.90. The normalized spacial score (nSPS) is 34.1. The SMILES string of the molecule is CCC(C)C1CCCCC1C(=O)C1CCC(=O)N1. The minimum absolute atomic E-state index is 0.0456. The molecule has 0 aromatic heterocycles. The van der Waals surface area contributed by atoms with Gasteiger partial charge in [-0.15, -0.1) is 0 Å². The van der Waals surface area contributed by atoms with Crippen molar-refractivity contribution >= 4 is 11.7 Å². The van der Waals surface area contributed by atoms with E-state index in [1.165, 1.54) is 19.3 Å². The van der Waals surface area contributed by atoms with Crippen molar-refractivity contribution in [1.82, 2.24) is 5.32 Å². The van der Waals surface area contributed by atoms with Gasteiger partial charge >= 0.3 is 0 Å². The summed E-state index contributed by atoms with van der Waals surface area (Å²) in [6, 6.07) is -0.188. The molecule has 1 amide bonds. The first-order chi connectivity index (χ1) is 8.63. The maximum absolute atomic E-state index is 12.6. The predicted octanol–water partition coefficient (Wildman–Crippen LogP) is 2.69. The van der Waals surface area contributed by atoms with Crippen LogP contribution in [0, 0.1) is 17.8 Å². The fourth-order valence-electron chi connectivity index (χ4n) is 3.58. The summed E-state index contributed by atoms with van der Waals surface area (Å²) in [5.41, 5.74) is 0. The van der Waals surface area contributed by atoms with Crippen LogP contribution in [0.5, 0.6) is 0 Å². The highest BCUT2D eigenvalue weighted by atomic mass is 16.2. The molecule has 1 heterocycles. The highest BCUT2D eigenvalue weighted by Crippen LogP contribution is 2.38. The van der Waals surface area contributed by atoms with E-state index in [9.17, 15) is 9.59 Å². The molecular formula is C15H25NO2. The molecule has 1 saturated carbocycles. The van der Waals surface area contributed by atoms with Crippen molar-refractivity contribution in [2.45, 2.75) is 64.8 Å². The molecule has 3 heteroatoms. The topological polar surface area (TPSA) is 46.2 Å². The van der Waals surface area contributed by atoms with Crippen LogP contribution in [0.15, 0.2) is 0 Å². The molecule has 4 atom stereocenters. The average molecular weight is 251 g/mol. The summed E-state index contributed by atoms with van der Waals surface area (Å²) >= 11 is 0. The smallest absolute Gasteiger partial charge is 0.220 e. The number of amides is 1. The van der Waals surface area contributed by atoms with Crippen molar-refractivity contribution < 1.29 is 9.59 Å². The Morgan fingerprint density at radius 2 is 2.06 bits per heavy atom. The first-order valence-corrected chi connectivity index (χ1v) is 7.46. The summed E-state index contributed by atoms with van der Waals surface area (Å²) in [6.45, 7) is 4.47. The molecule has 0 aromatic rings. The van der Waals surface area contributed by atoms with Gasteiger partial charge in [-0.1, -0.05) is 33.1 Å². The fourth-order valence-corrected chi connectivity index (χ4v) is 3.58. The Labute approximate surface area is 110 Å². The van der Waals surface area contributed by atoms with Crippen molar-refractivity contribution in [3.05, 3.63) is 0 Å². The minimum Gasteiger partial charge on any atom is -0.346 e. The monoisotopic (exact) mass is 251 g/mol. The molecule has 1 aliphatic carbocycles. The Balaban J connectivity index is 2.04. The van der Waals surface area contributed by atoms with E-state index in [1.54, 1.807) is 0 Å². The van der Waals surface area contributed by atoms with Gasteiger partial charge in [-0.05, 0) is 31.1 Å². The summed E-state index contributed by atoms with van der Waals surface area (Å²) in [5, 5.41) is 2.84. The van der Waals surface area contributed by atoms with Crippen LogP contribution >= 0.6 is 0 Å². The Kier molecular flexibility index (Phi) is 4.41. The lowest BCUT2D eigenvalue weighted by Crippen LogP contribution is -2.42. The third kappa shape index (κ3) is 2.76. The third-order valence-corrected chi connectivity index (χ3v) is 4.90. The lowest BCUT2D eigenvalue weighted by Gasteiger charge is -2.35. The Hall–Kier alpha value is -0.860. The van der Waals surface area contributed by atoms with Gasteiger partial charge in [0.1, 0.15) is 0 Å². The molecule has 0 radical (unpaired) electrons. The lowest BCUT2D eigenvalue weighted by molar-refractivity contribution is -0.130. The van der Waals surface area contributed by atoms with Crippen LogP contribution in [0.1, 0.15) is 58.8 Å². The van der Waals surface area contributed by atoms with Gasteiger partial charge in [-0.3, -0.25) is 9.59 Å². The molecule has 0 bridgehead atoms. The number of carbonyl (C=O) groups is 2. The van der Waals surface area contributed by atoms with Gasteiger partial charge in [-0.2, -0.15) is 0 Å². The van der Waals surface area contributed by atoms with Crippen molar-refractivity contribution in [2.24, 2.45) is 17.8 Å². The van der Waals surface area contributed by atoms with Gasteiger partial charge in [0, 0.05) is 12.3 Å². The molecule has 1 aliphatic heterocycles. The molecule has 1 N–H and O–H groups in total. The molecule has 102 valence electrons. The fraction of sp³-hybridized carbons (Fsp3) is 0.867. The van der Waals surface area contributed by atoms with E-state index in [-0.39, 0.29) is 17.9 Å². The van der Waals surface area contributed by atoms with Crippen molar-refractivity contribution in [2.75, 3.05) is 0 Å². The zero-order valence-electron chi connectivity index (χ0n) is 11.6. The molecular weight excluding hydrogens is 226 g/mol. The van der Waals surface area contributed by atoms with Crippen LogP contribution in [-0.2, 0) is 9.59 Å². The van der Waals surface area contributed by atoms with E-state index in [2.05, 4.69) is 19.2 Å². The van der Waals surface area contributed by atoms with Gasteiger partial charge in [0.2, 0.25) is 5.91 Å². The van der Waals surface area contributed by atoms with E-state index in [0.717, 1.165) is 12.8 Å². The first-order valence-electron chi connectivity index (χ1n) is 7.46. The second-order valence-corrected chi connectivity index (χ2v) is 6.00. The average Bonchev–Trinajstić information content (AvgIpc) is 2.83. The maximum atomic E-state index is 12.6.